The Morgan fingerprint density at radius 3 is 2.76 bits per heavy atom. The summed E-state index contributed by atoms with van der Waals surface area (Å²) in [7, 11) is 0. The number of H-pyrrole nitrogens is 1. The van der Waals surface area contributed by atoms with E-state index in [1.807, 2.05) is 48.5 Å². The van der Waals surface area contributed by atoms with Gasteiger partial charge in [-0.15, -0.1) is 0 Å². The number of fused-ring (bicyclic) bond motifs is 1. The highest BCUT2D eigenvalue weighted by Crippen LogP contribution is 2.23. The van der Waals surface area contributed by atoms with E-state index in [2.05, 4.69) is 10.4 Å². The molecule has 4 N–H and O–H groups in total. The van der Waals surface area contributed by atoms with E-state index in [0.29, 0.717) is 12.2 Å². The third kappa shape index (κ3) is 2.73. The fraction of sp³-hybridized carbons (Fsp3) is 0.0625. The second-order valence-electron chi connectivity index (χ2n) is 4.66. The van der Waals surface area contributed by atoms with E-state index in [4.69, 9.17) is 10.6 Å². The normalized spacial score (nSPS) is 10.5. The Morgan fingerprint density at radius 2 is 2.00 bits per heavy atom. The van der Waals surface area contributed by atoms with E-state index < -0.39 is 0 Å². The van der Waals surface area contributed by atoms with Gasteiger partial charge < -0.3 is 9.72 Å². The van der Waals surface area contributed by atoms with E-state index in [9.17, 15) is 4.79 Å². The first-order valence-electron chi connectivity index (χ1n) is 6.57. The maximum atomic E-state index is 11.6. The van der Waals surface area contributed by atoms with Crippen LogP contribution >= 0.6 is 0 Å². The molecule has 0 radical (unpaired) electrons. The molecule has 0 fully saturated rings. The maximum absolute atomic E-state index is 11.6. The van der Waals surface area contributed by atoms with Crippen molar-refractivity contribution >= 4 is 16.8 Å². The molecule has 3 rings (SSSR count). The van der Waals surface area contributed by atoms with E-state index in [1.165, 1.54) is 0 Å². The van der Waals surface area contributed by atoms with Crippen LogP contribution in [-0.2, 0) is 6.61 Å². The van der Waals surface area contributed by atoms with Crippen LogP contribution in [0.2, 0.25) is 0 Å². The molecule has 0 saturated carbocycles. The van der Waals surface area contributed by atoms with Crippen molar-refractivity contribution < 1.29 is 9.53 Å². The lowest BCUT2D eigenvalue weighted by atomic mass is 10.1. The average molecular weight is 281 g/mol. The molecule has 3 aromatic rings. The van der Waals surface area contributed by atoms with Crippen LogP contribution in [0.25, 0.3) is 10.9 Å². The number of ether oxygens (including phenoxy) is 1. The third-order valence-electron chi connectivity index (χ3n) is 3.28. The second kappa shape index (κ2) is 5.68. The Bertz CT molecular complexity index is 766. The number of carbonyl (C=O) groups is 1. The molecule has 21 heavy (non-hydrogen) atoms. The molecule has 0 bridgehead atoms. The Labute approximate surface area is 121 Å². The van der Waals surface area contributed by atoms with Crippen molar-refractivity contribution in [1.29, 1.82) is 0 Å². The number of nitrogen functional groups attached to an aromatic ring is 1. The van der Waals surface area contributed by atoms with Crippen molar-refractivity contribution in [2.24, 2.45) is 5.84 Å². The van der Waals surface area contributed by atoms with Crippen LogP contribution in [0.4, 0.5) is 0 Å². The molecule has 0 spiro atoms. The molecular weight excluding hydrogens is 266 g/mol. The summed E-state index contributed by atoms with van der Waals surface area (Å²) in [6, 6.07) is 15.5. The summed E-state index contributed by atoms with van der Waals surface area (Å²) in [4.78, 5) is 14.6. The number of hydrogen-bond donors (Lipinski definition) is 3. The molecule has 1 aromatic heterocycles. The molecule has 0 aliphatic rings. The largest absolute Gasteiger partial charge is 0.489 e. The Balaban J connectivity index is 1.80. The zero-order chi connectivity index (χ0) is 14.7. The molecule has 1 amide bonds. The highest BCUT2D eigenvalue weighted by Gasteiger charge is 2.11. The monoisotopic (exact) mass is 281 g/mol. The number of hydrogen-bond acceptors (Lipinski definition) is 3. The van der Waals surface area contributed by atoms with Gasteiger partial charge in [-0.05, 0) is 17.7 Å². The molecule has 0 atom stereocenters. The van der Waals surface area contributed by atoms with Crippen LogP contribution in [0, 0.1) is 0 Å². The first kappa shape index (κ1) is 13.2. The summed E-state index contributed by atoms with van der Waals surface area (Å²) in [6.45, 7) is 0.503. The first-order valence-corrected chi connectivity index (χ1v) is 6.57. The van der Waals surface area contributed by atoms with Crippen molar-refractivity contribution in [2.45, 2.75) is 6.61 Å². The van der Waals surface area contributed by atoms with Crippen molar-refractivity contribution in [3.8, 4) is 5.75 Å². The lowest BCUT2D eigenvalue weighted by Gasteiger charge is -2.06. The third-order valence-corrected chi connectivity index (χ3v) is 3.28. The van der Waals surface area contributed by atoms with Gasteiger partial charge in [0.1, 0.15) is 12.4 Å². The SMILES string of the molecule is NNC(=O)c1c[nH]c2cc(OCc3ccccc3)ccc12. The molecule has 0 aliphatic heterocycles. The number of aromatic amines is 1. The number of nitrogens with one attached hydrogen (secondary N) is 2. The van der Waals surface area contributed by atoms with Crippen LogP contribution in [0.15, 0.2) is 54.7 Å². The van der Waals surface area contributed by atoms with Gasteiger partial charge in [0, 0.05) is 23.2 Å². The van der Waals surface area contributed by atoms with Crippen LogP contribution in [-0.4, -0.2) is 10.9 Å². The van der Waals surface area contributed by atoms with Crippen molar-refractivity contribution in [1.82, 2.24) is 10.4 Å². The van der Waals surface area contributed by atoms with Gasteiger partial charge in [0.2, 0.25) is 0 Å². The summed E-state index contributed by atoms with van der Waals surface area (Å²) < 4.78 is 5.75. The fourth-order valence-electron chi connectivity index (χ4n) is 2.20. The number of carbonyl (C=O) groups excluding carboxylic acids is 1. The highest BCUT2D eigenvalue weighted by atomic mass is 16.5. The summed E-state index contributed by atoms with van der Waals surface area (Å²) in [5, 5.41) is 0.810. The molecular formula is C16H15N3O2. The number of amides is 1. The van der Waals surface area contributed by atoms with E-state index >= 15 is 0 Å². The van der Waals surface area contributed by atoms with Gasteiger partial charge >= 0.3 is 0 Å². The van der Waals surface area contributed by atoms with Gasteiger partial charge in [-0.3, -0.25) is 10.2 Å². The second-order valence-corrected chi connectivity index (χ2v) is 4.66. The van der Waals surface area contributed by atoms with Gasteiger partial charge in [-0.2, -0.15) is 0 Å². The maximum Gasteiger partial charge on any atom is 0.267 e. The smallest absolute Gasteiger partial charge is 0.267 e. The number of nitrogens with two attached hydrogens (primary N) is 1. The quantitative estimate of drug-likeness (QED) is 0.390. The van der Waals surface area contributed by atoms with Crippen LogP contribution in [0.1, 0.15) is 15.9 Å². The van der Waals surface area contributed by atoms with Gasteiger partial charge in [0.05, 0.1) is 5.56 Å². The predicted molar refractivity (Wildman–Crippen MR) is 80.7 cm³/mol. The lowest BCUT2D eigenvalue weighted by molar-refractivity contribution is 0.0955. The van der Waals surface area contributed by atoms with Gasteiger partial charge in [-0.1, -0.05) is 30.3 Å². The molecule has 0 unspecified atom stereocenters. The first-order chi connectivity index (χ1) is 10.3. The number of rotatable bonds is 4. The summed E-state index contributed by atoms with van der Waals surface area (Å²) in [5.74, 6) is 5.58. The topological polar surface area (TPSA) is 80.1 Å². The molecule has 5 heteroatoms. The van der Waals surface area contributed by atoms with Gasteiger partial charge in [-0.25, -0.2) is 5.84 Å². The number of aromatic nitrogens is 1. The fourth-order valence-corrected chi connectivity index (χ4v) is 2.20. The molecule has 2 aromatic carbocycles. The summed E-state index contributed by atoms with van der Waals surface area (Å²) >= 11 is 0. The Hall–Kier alpha value is -2.79. The van der Waals surface area contributed by atoms with Crippen molar-refractivity contribution in [3.05, 3.63) is 65.9 Å². The molecule has 0 aliphatic carbocycles. The predicted octanol–water partition coefficient (Wildman–Crippen LogP) is 2.35. The zero-order valence-corrected chi connectivity index (χ0v) is 11.3. The summed E-state index contributed by atoms with van der Waals surface area (Å²) in [6.07, 6.45) is 1.63. The molecule has 1 heterocycles. The van der Waals surface area contributed by atoms with Crippen molar-refractivity contribution in [2.75, 3.05) is 0 Å². The van der Waals surface area contributed by atoms with Crippen LogP contribution in [0.3, 0.4) is 0 Å². The van der Waals surface area contributed by atoms with E-state index in [0.717, 1.165) is 22.2 Å². The molecule has 106 valence electrons. The van der Waals surface area contributed by atoms with E-state index in [1.54, 1.807) is 6.20 Å². The standard InChI is InChI=1S/C16H15N3O2/c17-19-16(20)14-9-18-15-8-12(6-7-13(14)15)21-10-11-4-2-1-3-5-11/h1-9,18H,10,17H2,(H,19,20). The molecule has 0 saturated heterocycles. The Kier molecular flexibility index (Phi) is 3.57. The van der Waals surface area contributed by atoms with Gasteiger partial charge in [0.25, 0.3) is 5.91 Å². The Morgan fingerprint density at radius 1 is 1.19 bits per heavy atom. The minimum absolute atomic E-state index is 0.320. The number of benzene rings is 2. The summed E-state index contributed by atoms with van der Waals surface area (Å²) in [5.41, 5.74) is 4.58. The van der Waals surface area contributed by atoms with Crippen LogP contribution < -0.4 is 16.0 Å². The minimum atomic E-state index is -0.320. The average Bonchev–Trinajstić information content (AvgIpc) is 2.96. The molecule has 5 nitrogen and oxygen atoms in total. The lowest BCUT2D eigenvalue weighted by Crippen LogP contribution is -2.29. The van der Waals surface area contributed by atoms with Gasteiger partial charge in [0.15, 0.2) is 0 Å². The van der Waals surface area contributed by atoms with Crippen LogP contribution in [0.5, 0.6) is 5.75 Å². The minimum Gasteiger partial charge on any atom is -0.489 e. The highest BCUT2D eigenvalue weighted by molar-refractivity contribution is 6.06. The van der Waals surface area contributed by atoms with Crippen molar-refractivity contribution in [3.63, 3.8) is 0 Å². The zero-order valence-electron chi connectivity index (χ0n) is 11.3. The number of hydrazine groups is 1. The van der Waals surface area contributed by atoms with E-state index in [-0.39, 0.29) is 5.91 Å².